The lowest BCUT2D eigenvalue weighted by Crippen LogP contribution is -2.08. The Balaban J connectivity index is 4.22. The minimum Gasteiger partial charge on any atom is -0.298 e. The normalized spacial score (nSPS) is 14.9. The summed E-state index contributed by atoms with van der Waals surface area (Å²) in [6.07, 6.45) is 5.20. The highest BCUT2D eigenvalue weighted by Crippen LogP contribution is 2.18. The number of carbonyl (C=O) groups excluding carboxylic acids is 1. The molecule has 0 bridgehead atoms. The molecule has 0 aromatic carbocycles. The van der Waals surface area contributed by atoms with E-state index in [1.165, 1.54) is 0 Å². The predicted octanol–water partition coefficient (Wildman–Crippen LogP) is 3.20. The SMILES string of the molecule is CCCC=C(C=O)C(C)C(C)C. The summed E-state index contributed by atoms with van der Waals surface area (Å²) in [5, 5.41) is 0. The van der Waals surface area contributed by atoms with Gasteiger partial charge >= 0.3 is 0 Å². The Morgan fingerprint density at radius 2 is 1.92 bits per heavy atom. The molecule has 0 saturated carbocycles. The molecule has 0 spiro atoms. The van der Waals surface area contributed by atoms with Crippen LogP contribution in [0.2, 0.25) is 0 Å². The maximum absolute atomic E-state index is 10.7. The highest BCUT2D eigenvalue weighted by atomic mass is 16.1. The van der Waals surface area contributed by atoms with Gasteiger partial charge in [0.05, 0.1) is 0 Å². The molecule has 0 N–H and O–H groups in total. The number of rotatable bonds is 5. The molecule has 1 heteroatoms. The minimum atomic E-state index is 0.397. The summed E-state index contributed by atoms with van der Waals surface area (Å²) in [4.78, 5) is 10.7. The summed E-state index contributed by atoms with van der Waals surface area (Å²) in [7, 11) is 0. The van der Waals surface area contributed by atoms with E-state index in [1.807, 2.05) is 0 Å². The summed E-state index contributed by atoms with van der Waals surface area (Å²) in [6.45, 7) is 8.53. The van der Waals surface area contributed by atoms with E-state index in [4.69, 9.17) is 0 Å². The van der Waals surface area contributed by atoms with Gasteiger partial charge in [0.1, 0.15) is 6.29 Å². The molecule has 1 nitrogen and oxygen atoms in total. The molecule has 0 fully saturated rings. The Morgan fingerprint density at radius 1 is 1.33 bits per heavy atom. The average Bonchev–Trinajstić information content (AvgIpc) is 2.05. The Kier molecular flexibility index (Phi) is 5.69. The van der Waals surface area contributed by atoms with Crippen molar-refractivity contribution < 1.29 is 4.79 Å². The van der Waals surface area contributed by atoms with Crippen molar-refractivity contribution in [2.45, 2.75) is 40.5 Å². The van der Waals surface area contributed by atoms with Crippen LogP contribution in [0.15, 0.2) is 11.6 Å². The lowest BCUT2D eigenvalue weighted by atomic mass is 9.90. The average molecular weight is 168 g/mol. The lowest BCUT2D eigenvalue weighted by Gasteiger charge is -2.14. The van der Waals surface area contributed by atoms with Gasteiger partial charge in [0, 0.05) is 0 Å². The summed E-state index contributed by atoms with van der Waals surface area (Å²) in [5.74, 6) is 0.951. The van der Waals surface area contributed by atoms with E-state index in [0.717, 1.165) is 24.7 Å². The van der Waals surface area contributed by atoms with Crippen LogP contribution in [-0.4, -0.2) is 6.29 Å². The van der Waals surface area contributed by atoms with Crippen LogP contribution in [-0.2, 0) is 4.79 Å². The minimum absolute atomic E-state index is 0.397. The molecule has 0 aliphatic carbocycles. The number of hydrogen-bond donors (Lipinski definition) is 0. The molecular weight excluding hydrogens is 148 g/mol. The van der Waals surface area contributed by atoms with Crippen molar-refractivity contribution in [3.05, 3.63) is 11.6 Å². The van der Waals surface area contributed by atoms with E-state index >= 15 is 0 Å². The number of aldehydes is 1. The highest BCUT2D eigenvalue weighted by Gasteiger charge is 2.11. The first-order valence-corrected chi connectivity index (χ1v) is 4.78. The first-order valence-electron chi connectivity index (χ1n) is 4.78. The molecule has 0 aromatic heterocycles. The van der Waals surface area contributed by atoms with Gasteiger partial charge < -0.3 is 0 Å². The summed E-state index contributed by atoms with van der Waals surface area (Å²) < 4.78 is 0. The molecule has 1 unspecified atom stereocenters. The van der Waals surface area contributed by atoms with Gasteiger partial charge in [-0.2, -0.15) is 0 Å². The smallest absolute Gasteiger partial charge is 0.145 e. The van der Waals surface area contributed by atoms with E-state index in [9.17, 15) is 4.79 Å². The molecule has 0 aliphatic heterocycles. The first-order chi connectivity index (χ1) is 5.63. The summed E-state index contributed by atoms with van der Waals surface area (Å²) >= 11 is 0. The fourth-order valence-electron chi connectivity index (χ4n) is 1.04. The number of unbranched alkanes of at least 4 members (excludes halogenated alkanes) is 1. The molecule has 0 rings (SSSR count). The van der Waals surface area contributed by atoms with Crippen molar-refractivity contribution in [3.63, 3.8) is 0 Å². The molecule has 1 atom stereocenters. The van der Waals surface area contributed by atoms with Gasteiger partial charge in [-0.15, -0.1) is 0 Å². The van der Waals surface area contributed by atoms with Gasteiger partial charge in [-0.25, -0.2) is 0 Å². The van der Waals surface area contributed by atoms with Crippen molar-refractivity contribution in [1.29, 1.82) is 0 Å². The molecular formula is C11H20O. The van der Waals surface area contributed by atoms with E-state index in [1.54, 1.807) is 0 Å². The zero-order valence-corrected chi connectivity index (χ0v) is 8.63. The van der Waals surface area contributed by atoms with Crippen molar-refractivity contribution in [2.24, 2.45) is 11.8 Å². The monoisotopic (exact) mass is 168 g/mol. The summed E-state index contributed by atoms with van der Waals surface area (Å²) in [6, 6.07) is 0. The quantitative estimate of drug-likeness (QED) is 0.455. The Labute approximate surface area is 75.9 Å². The van der Waals surface area contributed by atoms with Crippen molar-refractivity contribution >= 4 is 6.29 Å². The van der Waals surface area contributed by atoms with E-state index < -0.39 is 0 Å². The molecule has 0 aromatic rings. The van der Waals surface area contributed by atoms with Crippen LogP contribution in [0.5, 0.6) is 0 Å². The topological polar surface area (TPSA) is 17.1 Å². The molecule has 12 heavy (non-hydrogen) atoms. The number of hydrogen-bond acceptors (Lipinski definition) is 1. The van der Waals surface area contributed by atoms with Crippen LogP contribution in [0.25, 0.3) is 0 Å². The fraction of sp³-hybridized carbons (Fsp3) is 0.727. The van der Waals surface area contributed by atoms with Crippen LogP contribution in [0.4, 0.5) is 0 Å². The molecule has 0 heterocycles. The zero-order chi connectivity index (χ0) is 9.56. The maximum Gasteiger partial charge on any atom is 0.145 e. The van der Waals surface area contributed by atoms with E-state index in [0.29, 0.717) is 11.8 Å². The summed E-state index contributed by atoms with van der Waals surface area (Å²) in [5.41, 5.74) is 0.965. The third-order valence-electron chi connectivity index (χ3n) is 2.33. The molecule has 0 radical (unpaired) electrons. The number of carbonyl (C=O) groups is 1. The van der Waals surface area contributed by atoms with Crippen LogP contribution in [0.1, 0.15) is 40.5 Å². The largest absolute Gasteiger partial charge is 0.298 e. The predicted molar refractivity (Wildman–Crippen MR) is 53.1 cm³/mol. The second kappa shape index (κ2) is 5.99. The molecule has 0 saturated heterocycles. The van der Waals surface area contributed by atoms with Gasteiger partial charge in [0.15, 0.2) is 0 Å². The van der Waals surface area contributed by atoms with Crippen LogP contribution >= 0.6 is 0 Å². The van der Waals surface area contributed by atoms with E-state index in [-0.39, 0.29) is 0 Å². The van der Waals surface area contributed by atoms with Crippen LogP contribution in [0.3, 0.4) is 0 Å². The lowest BCUT2D eigenvalue weighted by molar-refractivity contribution is -0.105. The second-order valence-electron chi connectivity index (χ2n) is 3.64. The van der Waals surface area contributed by atoms with Gasteiger partial charge in [-0.05, 0) is 23.8 Å². The van der Waals surface area contributed by atoms with Gasteiger partial charge in [-0.3, -0.25) is 4.79 Å². The van der Waals surface area contributed by atoms with Crippen molar-refractivity contribution in [2.75, 3.05) is 0 Å². The van der Waals surface area contributed by atoms with Crippen LogP contribution < -0.4 is 0 Å². The maximum atomic E-state index is 10.7. The Hall–Kier alpha value is -0.590. The third-order valence-corrected chi connectivity index (χ3v) is 2.33. The van der Waals surface area contributed by atoms with Crippen molar-refractivity contribution in [1.82, 2.24) is 0 Å². The highest BCUT2D eigenvalue weighted by molar-refractivity contribution is 5.73. The molecule has 0 aliphatic rings. The van der Waals surface area contributed by atoms with Gasteiger partial charge in [-0.1, -0.05) is 40.2 Å². The van der Waals surface area contributed by atoms with Crippen LogP contribution in [0, 0.1) is 11.8 Å². The second-order valence-corrected chi connectivity index (χ2v) is 3.64. The van der Waals surface area contributed by atoms with Gasteiger partial charge in [0.2, 0.25) is 0 Å². The number of allylic oxidation sites excluding steroid dienone is 2. The zero-order valence-electron chi connectivity index (χ0n) is 8.63. The third kappa shape index (κ3) is 3.70. The molecule has 70 valence electrons. The Bertz CT molecular complexity index is 156. The van der Waals surface area contributed by atoms with E-state index in [2.05, 4.69) is 33.8 Å². The van der Waals surface area contributed by atoms with Crippen molar-refractivity contribution in [3.8, 4) is 0 Å². The molecule has 0 amide bonds. The van der Waals surface area contributed by atoms with Gasteiger partial charge in [0.25, 0.3) is 0 Å². The first kappa shape index (κ1) is 11.4. The standard InChI is InChI=1S/C11H20O/c1-5-6-7-11(8-12)10(4)9(2)3/h7-10H,5-6H2,1-4H3. The Morgan fingerprint density at radius 3 is 2.25 bits per heavy atom. The fourth-order valence-corrected chi connectivity index (χ4v) is 1.04.